The fourth-order valence-corrected chi connectivity index (χ4v) is 5.02. The molecule has 0 aromatic carbocycles. The van der Waals surface area contributed by atoms with Crippen molar-refractivity contribution in [2.45, 2.75) is 44.6 Å². The minimum atomic E-state index is 0.774. The molecule has 2 saturated carbocycles. The largest absolute Gasteiger partial charge is 0.348 e. The van der Waals surface area contributed by atoms with Crippen LogP contribution in [0.15, 0.2) is 0 Å². The maximum atomic E-state index is 5.00. The van der Waals surface area contributed by atoms with Gasteiger partial charge in [0.15, 0.2) is 5.13 Å². The molecule has 0 radical (unpaired) electrons. The van der Waals surface area contributed by atoms with Crippen molar-refractivity contribution in [2.75, 3.05) is 25.0 Å². The van der Waals surface area contributed by atoms with Crippen LogP contribution in [-0.4, -0.2) is 25.1 Å². The lowest BCUT2D eigenvalue weighted by atomic mass is 10.0. The van der Waals surface area contributed by atoms with E-state index in [9.17, 15) is 0 Å². The van der Waals surface area contributed by atoms with Crippen LogP contribution in [0, 0.1) is 11.8 Å². The molecule has 19 heavy (non-hydrogen) atoms. The number of hydrogen-bond acceptors (Lipinski definition) is 4. The lowest BCUT2D eigenvalue weighted by Crippen LogP contribution is -2.20. The van der Waals surface area contributed by atoms with Gasteiger partial charge in [-0.25, -0.2) is 4.98 Å². The molecule has 3 fully saturated rings. The number of hydrogen-bond donors (Lipinski definition) is 1. The number of anilines is 1. The van der Waals surface area contributed by atoms with Gasteiger partial charge in [0, 0.05) is 30.4 Å². The molecule has 2 aliphatic carbocycles. The summed E-state index contributed by atoms with van der Waals surface area (Å²) in [6.45, 7) is 3.52. The van der Waals surface area contributed by atoms with E-state index in [0.717, 1.165) is 24.3 Å². The van der Waals surface area contributed by atoms with Crippen molar-refractivity contribution in [1.82, 2.24) is 10.3 Å². The fourth-order valence-electron chi connectivity index (χ4n) is 3.84. The first-order valence-corrected chi connectivity index (χ1v) is 8.56. The Bertz CT molecular complexity index is 454. The van der Waals surface area contributed by atoms with Crippen LogP contribution in [0.2, 0.25) is 0 Å². The molecule has 4 rings (SSSR count). The van der Waals surface area contributed by atoms with Crippen LogP contribution in [0.25, 0.3) is 0 Å². The van der Waals surface area contributed by atoms with Gasteiger partial charge in [-0.15, -0.1) is 11.3 Å². The SMILES string of the molecule is CNCc1sc(N2CC3CCCC3C2)nc1C1CC1. The second kappa shape index (κ2) is 4.74. The van der Waals surface area contributed by atoms with E-state index in [2.05, 4.69) is 10.2 Å². The van der Waals surface area contributed by atoms with Crippen molar-refractivity contribution in [3.05, 3.63) is 10.6 Å². The van der Waals surface area contributed by atoms with Crippen LogP contribution >= 0.6 is 11.3 Å². The average molecular weight is 277 g/mol. The van der Waals surface area contributed by atoms with Gasteiger partial charge in [-0.2, -0.15) is 0 Å². The molecule has 0 amide bonds. The molecule has 2 atom stereocenters. The maximum Gasteiger partial charge on any atom is 0.185 e. The minimum Gasteiger partial charge on any atom is -0.348 e. The second-order valence-corrected chi connectivity index (χ2v) is 7.53. The summed E-state index contributed by atoms with van der Waals surface area (Å²) >= 11 is 1.94. The van der Waals surface area contributed by atoms with E-state index >= 15 is 0 Å². The summed E-state index contributed by atoms with van der Waals surface area (Å²) < 4.78 is 0. The van der Waals surface area contributed by atoms with Gasteiger partial charge in [0.2, 0.25) is 0 Å². The lowest BCUT2D eigenvalue weighted by Gasteiger charge is -2.15. The Morgan fingerprint density at radius 2 is 1.95 bits per heavy atom. The summed E-state index contributed by atoms with van der Waals surface area (Å²) in [5, 5.41) is 4.61. The molecular formula is C15H23N3S. The van der Waals surface area contributed by atoms with Gasteiger partial charge in [0.1, 0.15) is 0 Å². The average Bonchev–Trinajstić information content (AvgIpc) is 2.84. The smallest absolute Gasteiger partial charge is 0.185 e. The molecule has 1 aromatic rings. The molecule has 1 aliphatic heterocycles. The summed E-state index contributed by atoms with van der Waals surface area (Å²) in [5.74, 6) is 2.69. The molecule has 3 nitrogen and oxygen atoms in total. The second-order valence-electron chi connectivity index (χ2n) is 6.47. The highest BCUT2D eigenvalue weighted by Gasteiger charge is 2.38. The normalized spacial score (nSPS) is 30.1. The zero-order valence-corrected chi connectivity index (χ0v) is 12.5. The first-order valence-electron chi connectivity index (χ1n) is 7.74. The van der Waals surface area contributed by atoms with Crippen molar-refractivity contribution in [3.63, 3.8) is 0 Å². The summed E-state index contributed by atoms with van der Waals surface area (Å²) in [7, 11) is 2.04. The van der Waals surface area contributed by atoms with E-state index < -0.39 is 0 Å². The highest BCUT2D eigenvalue weighted by atomic mass is 32.1. The third-order valence-corrected chi connectivity index (χ3v) is 6.15. The number of rotatable bonds is 4. The number of fused-ring (bicyclic) bond motifs is 1. The quantitative estimate of drug-likeness (QED) is 0.917. The van der Waals surface area contributed by atoms with Gasteiger partial charge in [-0.3, -0.25) is 0 Å². The van der Waals surface area contributed by atoms with Gasteiger partial charge in [-0.1, -0.05) is 6.42 Å². The molecule has 1 aromatic heterocycles. The van der Waals surface area contributed by atoms with Gasteiger partial charge < -0.3 is 10.2 Å². The Morgan fingerprint density at radius 1 is 1.21 bits per heavy atom. The molecule has 0 spiro atoms. The molecular weight excluding hydrogens is 254 g/mol. The van der Waals surface area contributed by atoms with Crippen LogP contribution in [0.5, 0.6) is 0 Å². The van der Waals surface area contributed by atoms with Gasteiger partial charge in [0.25, 0.3) is 0 Å². The Hall–Kier alpha value is -0.610. The van der Waals surface area contributed by atoms with Gasteiger partial charge in [0.05, 0.1) is 5.69 Å². The van der Waals surface area contributed by atoms with E-state index in [4.69, 9.17) is 4.98 Å². The zero-order chi connectivity index (χ0) is 12.8. The van der Waals surface area contributed by atoms with Crippen LogP contribution in [-0.2, 0) is 6.54 Å². The van der Waals surface area contributed by atoms with Gasteiger partial charge in [-0.05, 0) is 44.6 Å². The van der Waals surface area contributed by atoms with Crippen molar-refractivity contribution in [2.24, 2.45) is 11.8 Å². The predicted molar refractivity (Wildman–Crippen MR) is 79.9 cm³/mol. The highest BCUT2D eigenvalue weighted by molar-refractivity contribution is 7.15. The first-order chi connectivity index (χ1) is 9.35. The Kier molecular flexibility index (Phi) is 3.03. The monoisotopic (exact) mass is 277 g/mol. The molecule has 2 unspecified atom stereocenters. The molecule has 3 aliphatic rings. The maximum absolute atomic E-state index is 5.00. The topological polar surface area (TPSA) is 28.2 Å². The predicted octanol–water partition coefficient (Wildman–Crippen LogP) is 2.98. The summed E-state index contributed by atoms with van der Waals surface area (Å²) in [5.41, 5.74) is 1.41. The van der Waals surface area contributed by atoms with Crippen molar-refractivity contribution >= 4 is 16.5 Å². The fraction of sp³-hybridized carbons (Fsp3) is 0.800. The number of nitrogens with one attached hydrogen (secondary N) is 1. The molecule has 104 valence electrons. The van der Waals surface area contributed by atoms with E-state index in [-0.39, 0.29) is 0 Å². The first kappa shape index (κ1) is 12.2. The number of nitrogens with zero attached hydrogens (tertiary/aromatic N) is 2. The van der Waals surface area contributed by atoms with Crippen LogP contribution in [0.4, 0.5) is 5.13 Å². The summed E-state index contributed by atoms with van der Waals surface area (Å²) in [4.78, 5) is 9.06. The van der Waals surface area contributed by atoms with E-state index in [1.165, 1.54) is 60.9 Å². The van der Waals surface area contributed by atoms with Crippen LogP contribution in [0.1, 0.15) is 48.6 Å². The molecule has 1 saturated heterocycles. The Morgan fingerprint density at radius 3 is 2.58 bits per heavy atom. The number of aromatic nitrogens is 1. The van der Waals surface area contributed by atoms with Crippen molar-refractivity contribution in [1.29, 1.82) is 0 Å². The van der Waals surface area contributed by atoms with E-state index in [0.29, 0.717) is 0 Å². The summed E-state index contributed by atoms with van der Waals surface area (Å²) in [6.07, 6.45) is 7.06. The summed E-state index contributed by atoms with van der Waals surface area (Å²) in [6, 6.07) is 0. The van der Waals surface area contributed by atoms with Crippen LogP contribution in [0.3, 0.4) is 0 Å². The van der Waals surface area contributed by atoms with E-state index in [1.807, 2.05) is 18.4 Å². The standard InChI is InChI=1S/C15H23N3S/c1-16-7-13-14(10-5-6-10)17-15(19-13)18-8-11-3-2-4-12(11)9-18/h10-12,16H,2-9H2,1H3. The highest BCUT2D eigenvalue weighted by Crippen LogP contribution is 2.46. The Balaban J connectivity index is 1.56. The lowest BCUT2D eigenvalue weighted by molar-refractivity contribution is 0.494. The van der Waals surface area contributed by atoms with Crippen molar-refractivity contribution < 1.29 is 0 Å². The zero-order valence-electron chi connectivity index (χ0n) is 11.7. The molecule has 1 N–H and O–H groups in total. The van der Waals surface area contributed by atoms with E-state index in [1.54, 1.807) is 0 Å². The molecule has 4 heteroatoms. The third-order valence-electron chi connectivity index (χ3n) is 5.01. The molecule has 2 heterocycles. The van der Waals surface area contributed by atoms with Gasteiger partial charge >= 0.3 is 0 Å². The Labute approximate surface area is 119 Å². The van der Waals surface area contributed by atoms with Crippen LogP contribution < -0.4 is 10.2 Å². The molecule has 0 bridgehead atoms. The minimum absolute atomic E-state index is 0.774. The van der Waals surface area contributed by atoms with Crippen molar-refractivity contribution in [3.8, 4) is 0 Å². The number of thiazole rings is 1. The third kappa shape index (κ3) is 2.19.